The maximum atomic E-state index is 14.1. The van der Waals surface area contributed by atoms with Gasteiger partial charge in [0, 0.05) is 30.3 Å². The first kappa shape index (κ1) is 34.3. The number of alkyl carbamates (subject to hydrolysis) is 1. The van der Waals surface area contributed by atoms with Gasteiger partial charge in [-0.25, -0.2) is 24.7 Å². The summed E-state index contributed by atoms with van der Waals surface area (Å²) < 4.78 is 18.5. The number of amides is 2. The maximum absolute atomic E-state index is 14.1. The predicted octanol–water partition coefficient (Wildman–Crippen LogP) is 4.74. The van der Waals surface area contributed by atoms with Gasteiger partial charge in [-0.05, 0) is 56.2 Å². The number of nitrogens with one attached hydrogen (secondary N) is 2. The van der Waals surface area contributed by atoms with E-state index in [-0.39, 0.29) is 24.3 Å². The van der Waals surface area contributed by atoms with Crippen molar-refractivity contribution in [3.63, 3.8) is 0 Å². The van der Waals surface area contributed by atoms with Crippen molar-refractivity contribution in [1.29, 1.82) is 0 Å². The van der Waals surface area contributed by atoms with Crippen molar-refractivity contribution < 1.29 is 28.6 Å². The first-order valence-corrected chi connectivity index (χ1v) is 17.3. The molecule has 2 aliphatic heterocycles. The molecule has 2 N–H and O–H groups in total. The second-order valence-electron chi connectivity index (χ2n) is 14.8. The average molecular weight is 674 g/mol. The third kappa shape index (κ3) is 7.86. The molecule has 4 heterocycles. The number of aromatic nitrogens is 4. The van der Waals surface area contributed by atoms with Crippen LogP contribution in [-0.2, 0) is 20.7 Å². The molecule has 2 fully saturated rings. The van der Waals surface area contributed by atoms with Gasteiger partial charge in [0.2, 0.25) is 17.7 Å². The number of aldehydes is 1. The van der Waals surface area contributed by atoms with Crippen molar-refractivity contribution in [3.8, 4) is 11.6 Å². The topological polar surface area (TPSA) is 158 Å². The molecule has 3 aromatic rings. The van der Waals surface area contributed by atoms with E-state index in [4.69, 9.17) is 24.2 Å². The van der Waals surface area contributed by atoms with Crippen LogP contribution in [0.25, 0.3) is 11.0 Å². The molecule has 262 valence electrons. The fourth-order valence-corrected chi connectivity index (χ4v) is 6.83. The Bertz CT molecular complexity index is 1670. The van der Waals surface area contributed by atoms with Gasteiger partial charge in [0.15, 0.2) is 0 Å². The van der Waals surface area contributed by atoms with Crippen molar-refractivity contribution in [3.05, 3.63) is 42.4 Å². The largest absolute Gasteiger partial charge is 0.492 e. The van der Waals surface area contributed by atoms with Crippen LogP contribution < -0.4 is 20.1 Å². The number of carbonyl (C=O) groups excluding carboxylic acids is 3. The number of ether oxygens (including phenoxy) is 3. The molecule has 49 heavy (non-hydrogen) atoms. The Morgan fingerprint density at radius 2 is 1.92 bits per heavy atom. The van der Waals surface area contributed by atoms with Crippen LogP contribution in [0.5, 0.6) is 11.6 Å². The summed E-state index contributed by atoms with van der Waals surface area (Å²) in [5.41, 5.74) is 0.905. The Morgan fingerprint density at radius 3 is 2.67 bits per heavy atom. The van der Waals surface area contributed by atoms with Crippen LogP contribution in [0.3, 0.4) is 0 Å². The van der Waals surface area contributed by atoms with E-state index in [0.717, 1.165) is 49.6 Å². The lowest BCUT2D eigenvalue weighted by molar-refractivity contribution is -0.139. The molecule has 6 atom stereocenters. The third-order valence-corrected chi connectivity index (χ3v) is 9.96. The minimum Gasteiger partial charge on any atom is -0.492 e. The Labute approximate surface area is 286 Å². The maximum Gasteiger partial charge on any atom is 0.408 e. The van der Waals surface area contributed by atoms with Crippen LogP contribution in [-0.4, -0.2) is 86.6 Å². The van der Waals surface area contributed by atoms with Crippen molar-refractivity contribution in [2.75, 3.05) is 25.0 Å². The third-order valence-electron chi connectivity index (χ3n) is 9.96. The molecule has 1 saturated carbocycles. The number of rotatable bonds is 6. The molecule has 3 aliphatic rings. The zero-order valence-corrected chi connectivity index (χ0v) is 29.0. The lowest BCUT2D eigenvalue weighted by atomic mass is 9.85. The number of hydrogen-bond acceptors (Lipinski definition) is 11. The molecule has 13 nitrogen and oxygen atoms in total. The molecule has 2 amide bonds. The second-order valence-corrected chi connectivity index (χ2v) is 14.8. The average Bonchev–Trinajstić information content (AvgIpc) is 3.59. The monoisotopic (exact) mass is 673 g/mol. The normalized spacial score (nSPS) is 27.8. The highest BCUT2D eigenvalue weighted by Gasteiger charge is 2.54. The van der Waals surface area contributed by atoms with Crippen molar-refractivity contribution in [2.45, 2.75) is 96.9 Å². The van der Waals surface area contributed by atoms with Gasteiger partial charge in [0.05, 0.1) is 30.2 Å². The van der Waals surface area contributed by atoms with Crippen molar-refractivity contribution in [1.82, 2.24) is 30.2 Å². The highest BCUT2D eigenvalue weighted by atomic mass is 16.6. The quantitative estimate of drug-likeness (QED) is 0.275. The number of carbonyl (C=O) groups is 3. The predicted molar refractivity (Wildman–Crippen MR) is 182 cm³/mol. The number of aryl methyl sites for hydroxylation is 1. The summed E-state index contributed by atoms with van der Waals surface area (Å²) in [6.07, 6.45) is 8.27. The van der Waals surface area contributed by atoms with Gasteiger partial charge < -0.3 is 34.5 Å². The van der Waals surface area contributed by atoms with Crippen LogP contribution >= 0.6 is 0 Å². The summed E-state index contributed by atoms with van der Waals surface area (Å²) in [6.45, 7) is 10.6. The molecule has 0 radical (unpaired) electrons. The van der Waals surface area contributed by atoms with Crippen LogP contribution in [0.15, 0.2) is 36.7 Å². The molecule has 0 spiro atoms. The van der Waals surface area contributed by atoms with E-state index in [1.807, 2.05) is 52.8 Å². The fourth-order valence-electron chi connectivity index (χ4n) is 6.83. The molecular formula is C36H47N7O6. The summed E-state index contributed by atoms with van der Waals surface area (Å²) in [6, 6.07) is 5.73. The van der Waals surface area contributed by atoms with Crippen LogP contribution in [0.4, 0.5) is 10.7 Å². The fraction of sp³-hybridized carbons (Fsp3) is 0.583. The Balaban J connectivity index is 1.26. The molecule has 2 bridgehead atoms. The standard InChI is InChI=1S/C36H47N7O6/c1-22-28(21-44)43-20-29(22)48-31-26(40-25-13-12-24(18-27(25)41-31)47-17-16-39-33-37-14-9-15-38-33)11-8-6-7-10-23-19-36(23,5)49-34(46)42-30(32(43)45)35(2,3)4/h9,12-15,18,21-23,28-30H,6-8,10-11,16-17,19-20H2,1-5H3,(H,42,46)(H,37,38,39)/t22-,23+,28+,29-,30+,36+/m0/s1. The number of benzene rings is 1. The Hall–Kier alpha value is -4.55. The van der Waals surface area contributed by atoms with Gasteiger partial charge in [0.25, 0.3) is 0 Å². The van der Waals surface area contributed by atoms with E-state index in [9.17, 15) is 14.4 Å². The molecule has 6 rings (SSSR count). The van der Waals surface area contributed by atoms with Gasteiger partial charge in [-0.2, -0.15) is 0 Å². The molecule has 1 aliphatic carbocycles. The smallest absolute Gasteiger partial charge is 0.408 e. The lowest BCUT2D eigenvalue weighted by Gasteiger charge is -2.34. The summed E-state index contributed by atoms with van der Waals surface area (Å²) in [4.78, 5) is 59.4. The molecule has 13 heteroatoms. The van der Waals surface area contributed by atoms with E-state index in [2.05, 4.69) is 20.6 Å². The van der Waals surface area contributed by atoms with Gasteiger partial charge in [-0.3, -0.25) is 4.79 Å². The molecule has 0 unspecified atom stereocenters. The van der Waals surface area contributed by atoms with E-state index >= 15 is 0 Å². The second kappa shape index (κ2) is 14.1. The zero-order valence-electron chi connectivity index (χ0n) is 29.0. The SMILES string of the molecule is C[C@@H]1[C@@H]2CN(C(=O)[C@H](C(C)(C)C)NC(=O)O[C@]3(C)C[C@H]3CCCCCc3nc4ccc(OCCNc5ncccn5)cc4nc3O2)[C@@H]1C=O. The van der Waals surface area contributed by atoms with Gasteiger partial charge in [-0.1, -0.05) is 40.5 Å². The first-order valence-electron chi connectivity index (χ1n) is 17.3. The minimum atomic E-state index is -0.905. The van der Waals surface area contributed by atoms with Crippen LogP contribution in [0, 0.1) is 17.3 Å². The Kier molecular flexibility index (Phi) is 9.89. The molecule has 2 aromatic heterocycles. The zero-order chi connectivity index (χ0) is 34.8. The van der Waals surface area contributed by atoms with Crippen molar-refractivity contribution >= 4 is 35.3 Å². The summed E-state index contributed by atoms with van der Waals surface area (Å²) >= 11 is 0. The van der Waals surface area contributed by atoms with Crippen molar-refractivity contribution in [2.24, 2.45) is 17.3 Å². The van der Waals surface area contributed by atoms with E-state index in [1.165, 1.54) is 4.90 Å². The summed E-state index contributed by atoms with van der Waals surface area (Å²) in [7, 11) is 0. The van der Waals surface area contributed by atoms with E-state index < -0.39 is 35.3 Å². The van der Waals surface area contributed by atoms with Crippen LogP contribution in [0.2, 0.25) is 0 Å². The van der Waals surface area contributed by atoms with Gasteiger partial charge >= 0.3 is 6.09 Å². The summed E-state index contributed by atoms with van der Waals surface area (Å²) in [5.74, 6) is 1.16. The van der Waals surface area contributed by atoms with E-state index in [1.54, 1.807) is 18.5 Å². The molecule has 1 aromatic carbocycles. The first-order chi connectivity index (χ1) is 23.4. The van der Waals surface area contributed by atoms with Gasteiger partial charge in [-0.15, -0.1) is 0 Å². The number of anilines is 1. The lowest BCUT2D eigenvalue weighted by Crippen LogP contribution is -2.56. The summed E-state index contributed by atoms with van der Waals surface area (Å²) in [5, 5.41) is 5.97. The number of fused-ring (bicyclic) bond motifs is 5. The highest BCUT2D eigenvalue weighted by Crippen LogP contribution is 2.49. The molecular weight excluding hydrogens is 626 g/mol. The minimum absolute atomic E-state index is 0.160. The van der Waals surface area contributed by atoms with Gasteiger partial charge in [0.1, 0.15) is 42.1 Å². The van der Waals surface area contributed by atoms with E-state index in [0.29, 0.717) is 42.7 Å². The number of nitrogens with zero attached hydrogens (tertiary/aromatic N) is 5. The Morgan fingerprint density at radius 1 is 1.12 bits per heavy atom. The highest BCUT2D eigenvalue weighted by molar-refractivity contribution is 5.89. The van der Waals surface area contributed by atoms with Crippen LogP contribution in [0.1, 0.15) is 72.4 Å². The number of hydrogen-bond donors (Lipinski definition) is 2. The molecule has 1 saturated heterocycles.